The molecule has 0 saturated heterocycles. The third-order valence-electron chi connectivity index (χ3n) is 2.39. The minimum Gasteiger partial charge on any atom is -0.476 e. The second-order valence-electron chi connectivity index (χ2n) is 3.89. The fourth-order valence-corrected chi connectivity index (χ4v) is 1.36. The molecule has 1 aromatic heterocycles. The van der Waals surface area contributed by atoms with Gasteiger partial charge in [-0.1, -0.05) is 0 Å². The van der Waals surface area contributed by atoms with Gasteiger partial charge in [0.1, 0.15) is 0 Å². The number of pyridine rings is 1. The van der Waals surface area contributed by atoms with E-state index in [0.717, 1.165) is 0 Å². The van der Waals surface area contributed by atoms with Crippen molar-refractivity contribution in [2.75, 3.05) is 46.4 Å². The van der Waals surface area contributed by atoms with Crippen molar-refractivity contribution in [2.24, 2.45) is 0 Å². The summed E-state index contributed by atoms with van der Waals surface area (Å²) in [5.41, 5.74) is 6.26. The van der Waals surface area contributed by atoms with Gasteiger partial charge in [0.05, 0.1) is 32.6 Å². The first-order valence-electron chi connectivity index (χ1n) is 6.23. The zero-order valence-electron chi connectivity index (χ0n) is 11.8. The summed E-state index contributed by atoms with van der Waals surface area (Å²) in [6, 6.07) is 3.05. The first-order chi connectivity index (χ1) is 9.69. The molecule has 0 aliphatic heterocycles. The first kappa shape index (κ1) is 16.2. The van der Waals surface area contributed by atoms with Gasteiger partial charge in [0.2, 0.25) is 5.88 Å². The largest absolute Gasteiger partial charge is 0.476 e. The van der Waals surface area contributed by atoms with Crippen LogP contribution in [0.4, 0.5) is 5.69 Å². The maximum Gasteiger partial charge on any atom is 0.356 e. The number of carbonyl (C=O) groups is 1. The van der Waals surface area contributed by atoms with Gasteiger partial charge >= 0.3 is 5.97 Å². The van der Waals surface area contributed by atoms with Crippen molar-refractivity contribution in [3.05, 3.63) is 17.8 Å². The number of carbonyl (C=O) groups excluding carboxylic acids is 1. The van der Waals surface area contributed by atoms with Gasteiger partial charge in [-0.3, -0.25) is 0 Å². The Morgan fingerprint density at radius 2 is 2.00 bits per heavy atom. The number of aromatic nitrogens is 1. The molecular weight excluding hydrogens is 264 g/mol. The lowest BCUT2D eigenvalue weighted by molar-refractivity contribution is 0.0590. The number of nitrogens with two attached hydrogens (primary N) is 1. The second kappa shape index (κ2) is 9.11. The summed E-state index contributed by atoms with van der Waals surface area (Å²) in [6.45, 7) is 2.07. The van der Waals surface area contributed by atoms with E-state index in [1.54, 1.807) is 13.2 Å². The Bertz CT molecular complexity index is 425. The third kappa shape index (κ3) is 5.41. The fraction of sp³-hybridized carbons (Fsp3) is 0.538. The van der Waals surface area contributed by atoms with Crippen molar-refractivity contribution in [2.45, 2.75) is 6.42 Å². The lowest BCUT2D eigenvalue weighted by Gasteiger charge is -2.09. The van der Waals surface area contributed by atoms with Crippen LogP contribution in [0.3, 0.4) is 0 Å². The van der Waals surface area contributed by atoms with E-state index >= 15 is 0 Å². The van der Waals surface area contributed by atoms with Gasteiger partial charge in [0.25, 0.3) is 0 Å². The van der Waals surface area contributed by atoms with Crippen LogP contribution in [0.1, 0.15) is 16.9 Å². The maximum atomic E-state index is 11.3. The standard InChI is InChI=1S/C13H20N2O5/c1-17-8-9-19-6-3-7-20-12-10(14)4-5-11(15-12)13(16)18-2/h4-5H,3,6-9,14H2,1-2H3. The molecule has 0 amide bonds. The molecule has 0 aliphatic rings. The van der Waals surface area contributed by atoms with Crippen molar-refractivity contribution in [1.29, 1.82) is 0 Å². The predicted molar refractivity (Wildman–Crippen MR) is 72.8 cm³/mol. The molecule has 0 unspecified atom stereocenters. The average molecular weight is 284 g/mol. The molecule has 0 spiro atoms. The summed E-state index contributed by atoms with van der Waals surface area (Å²) in [5, 5.41) is 0. The quantitative estimate of drug-likeness (QED) is 0.531. The van der Waals surface area contributed by atoms with Crippen LogP contribution in [0.5, 0.6) is 5.88 Å². The molecule has 2 N–H and O–H groups in total. The minimum atomic E-state index is -0.530. The Morgan fingerprint density at radius 3 is 2.70 bits per heavy atom. The van der Waals surface area contributed by atoms with Gasteiger partial charge in [0, 0.05) is 20.1 Å². The molecule has 1 rings (SSSR count). The zero-order valence-corrected chi connectivity index (χ0v) is 11.8. The van der Waals surface area contributed by atoms with Crippen molar-refractivity contribution in [3.8, 4) is 5.88 Å². The van der Waals surface area contributed by atoms with Gasteiger partial charge < -0.3 is 24.7 Å². The number of methoxy groups -OCH3 is 2. The van der Waals surface area contributed by atoms with Crippen molar-refractivity contribution in [1.82, 2.24) is 4.98 Å². The van der Waals surface area contributed by atoms with Crippen molar-refractivity contribution in [3.63, 3.8) is 0 Å². The zero-order chi connectivity index (χ0) is 14.8. The minimum absolute atomic E-state index is 0.160. The van der Waals surface area contributed by atoms with E-state index < -0.39 is 5.97 Å². The average Bonchev–Trinajstić information content (AvgIpc) is 2.47. The van der Waals surface area contributed by atoms with Gasteiger partial charge in [-0.2, -0.15) is 0 Å². The number of esters is 1. The van der Waals surface area contributed by atoms with E-state index in [1.807, 2.05) is 0 Å². The lowest BCUT2D eigenvalue weighted by Crippen LogP contribution is -2.10. The van der Waals surface area contributed by atoms with E-state index in [-0.39, 0.29) is 11.6 Å². The first-order valence-corrected chi connectivity index (χ1v) is 6.23. The van der Waals surface area contributed by atoms with Crippen LogP contribution in [-0.2, 0) is 14.2 Å². The van der Waals surface area contributed by atoms with Crippen LogP contribution in [-0.4, -0.2) is 51.6 Å². The van der Waals surface area contributed by atoms with E-state index in [2.05, 4.69) is 9.72 Å². The molecule has 1 aromatic rings. The summed E-state index contributed by atoms with van der Waals surface area (Å²) in [7, 11) is 2.91. The molecule has 0 aliphatic carbocycles. The highest BCUT2D eigenvalue weighted by molar-refractivity contribution is 5.87. The Hall–Kier alpha value is -1.86. The highest BCUT2D eigenvalue weighted by Gasteiger charge is 2.11. The Kier molecular flexibility index (Phi) is 7.38. The number of nitrogens with zero attached hydrogens (tertiary/aromatic N) is 1. The van der Waals surface area contributed by atoms with Crippen LogP contribution in [0.15, 0.2) is 12.1 Å². The number of anilines is 1. The number of ether oxygens (including phenoxy) is 4. The molecule has 1 heterocycles. The second-order valence-corrected chi connectivity index (χ2v) is 3.89. The van der Waals surface area contributed by atoms with Gasteiger partial charge in [0.15, 0.2) is 5.69 Å². The van der Waals surface area contributed by atoms with Crippen molar-refractivity contribution >= 4 is 11.7 Å². The fourth-order valence-electron chi connectivity index (χ4n) is 1.36. The number of hydrogen-bond acceptors (Lipinski definition) is 7. The van der Waals surface area contributed by atoms with E-state index in [9.17, 15) is 4.79 Å². The lowest BCUT2D eigenvalue weighted by atomic mass is 10.3. The molecule has 0 aromatic carbocycles. The SMILES string of the molecule is COCCOCCCOc1nc(C(=O)OC)ccc1N. The summed E-state index contributed by atoms with van der Waals surface area (Å²) in [5.74, 6) is -0.303. The molecule has 0 bridgehead atoms. The van der Waals surface area contributed by atoms with Gasteiger partial charge in [-0.25, -0.2) is 9.78 Å². The van der Waals surface area contributed by atoms with Crippen LogP contribution in [0.25, 0.3) is 0 Å². The topological polar surface area (TPSA) is 92.9 Å². The van der Waals surface area contributed by atoms with Gasteiger partial charge in [-0.05, 0) is 12.1 Å². The summed E-state index contributed by atoms with van der Waals surface area (Å²) >= 11 is 0. The molecule has 7 nitrogen and oxygen atoms in total. The molecule has 20 heavy (non-hydrogen) atoms. The van der Waals surface area contributed by atoms with Crippen LogP contribution in [0.2, 0.25) is 0 Å². The molecule has 0 fully saturated rings. The number of nitrogen functional groups attached to an aromatic ring is 1. The highest BCUT2D eigenvalue weighted by atomic mass is 16.5. The molecule has 0 saturated carbocycles. The normalized spacial score (nSPS) is 10.3. The summed E-state index contributed by atoms with van der Waals surface area (Å²) < 4.78 is 20.1. The predicted octanol–water partition coefficient (Wildman–Crippen LogP) is 0.882. The van der Waals surface area contributed by atoms with Crippen LogP contribution >= 0.6 is 0 Å². The van der Waals surface area contributed by atoms with Crippen LogP contribution < -0.4 is 10.5 Å². The molecular formula is C13H20N2O5. The number of rotatable bonds is 9. The Labute approximate surface area is 118 Å². The molecule has 0 atom stereocenters. The Balaban J connectivity index is 2.37. The monoisotopic (exact) mass is 284 g/mol. The van der Waals surface area contributed by atoms with Gasteiger partial charge in [-0.15, -0.1) is 0 Å². The Morgan fingerprint density at radius 1 is 1.20 bits per heavy atom. The van der Waals surface area contributed by atoms with E-state index in [0.29, 0.717) is 38.5 Å². The number of hydrogen-bond donors (Lipinski definition) is 1. The third-order valence-corrected chi connectivity index (χ3v) is 2.39. The summed E-state index contributed by atoms with van der Waals surface area (Å²) in [6.07, 6.45) is 0.688. The van der Waals surface area contributed by atoms with E-state index in [4.69, 9.17) is 19.9 Å². The highest BCUT2D eigenvalue weighted by Crippen LogP contribution is 2.18. The van der Waals surface area contributed by atoms with Crippen LogP contribution in [0, 0.1) is 0 Å². The smallest absolute Gasteiger partial charge is 0.356 e. The maximum absolute atomic E-state index is 11.3. The molecule has 112 valence electrons. The van der Waals surface area contributed by atoms with E-state index in [1.165, 1.54) is 13.2 Å². The molecule has 7 heteroatoms. The molecule has 0 radical (unpaired) electrons. The van der Waals surface area contributed by atoms with Crippen molar-refractivity contribution < 1.29 is 23.7 Å². The summed E-state index contributed by atoms with van der Waals surface area (Å²) in [4.78, 5) is 15.3.